The predicted octanol–water partition coefficient (Wildman–Crippen LogP) is 1.53. The summed E-state index contributed by atoms with van der Waals surface area (Å²) in [6, 6.07) is 5.11. The standard InChI is InChI=1S/C13H17FN2O2/c1-8(11-5-4-6-12(14)7-11)16-13(18)9(2)15-10(3)17/h4-9H,1-3H3,(H,15,17)(H,16,18)/t8-,9-/m1/s1. The van der Waals surface area contributed by atoms with Gasteiger partial charge in [0.2, 0.25) is 11.8 Å². The van der Waals surface area contributed by atoms with E-state index in [1.54, 1.807) is 26.0 Å². The molecule has 18 heavy (non-hydrogen) atoms. The zero-order chi connectivity index (χ0) is 13.7. The summed E-state index contributed by atoms with van der Waals surface area (Å²) in [5, 5.41) is 5.19. The Morgan fingerprint density at radius 2 is 1.89 bits per heavy atom. The zero-order valence-corrected chi connectivity index (χ0v) is 10.7. The molecule has 1 aromatic rings. The molecule has 0 radical (unpaired) electrons. The molecule has 0 aromatic heterocycles. The van der Waals surface area contributed by atoms with Crippen LogP contribution in [0.3, 0.4) is 0 Å². The van der Waals surface area contributed by atoms with Crippen LogP contribution in [0.5, 0.6) is 0 Å². The number of amides is 2. The highest BCUT2D eigenvalue weighted by atomic mass is 19.1. The van der Waals surface area contributed by atoms with Crippen molar-refractivity contribution >= 4 is 11.8 Å². The summed E-state index contributed by atoms with van der Waals surface area (Å²) < 4.78 is 13.0. The lowest BCUT2D eigenvalue weighted by Gasteiger charge is -2.18. The minimum absolute atomic E-state index is 0.268. The Bertz CT molecular complexity index is 448. The van der Waals surface area contributed by atoms with Gasteiger partial charge >= 0.3 is 0 Å². The molecule has 1 rings (SSSR count). The second-order valence-electron chi connectivity index (χ2n) is 4.21. The fourth-order valence-corrected chi connectivity index (χ4v) is 1.57. The van der Waals surface area contributed by atoms with Gasteiger partial charge in [-0.1, -0.05) is 12.1 Å². The molecule has 5 heteroatoms. The number of hydrogen-bond acceptors (Lipinski definition) is 2. The first-order valence-corrected chi connectivity index (χ1v) is 5.73. The first-order chi connectivity index (χ1) is 8.40. The topological polar surface area (TPSA) is 58.2 Å². The summed E-state index contributed by atoms with van der Waals surface area (Å²) in [5.41, 5.74) is 0.679. The highest BCUT2D eigenvalue weighted by Gasteiger charge is 2.16. The van der Waals surface area contributed by atoms with E-state index in [0.717, 1.165) is 0 Å². The van der Waals surface area contributed by atoms with Crippen LogP contribution in [0.1, 0.15) is 32.4 Å². The van der Waals surface area contributed by atoms with Crippen molar-refractivity contribution in [2.24, 2.45) is 0 Å². The molecule has 0 fully saturated rings. The summed E-state index contributed by atoms with van der Waals surface area (Å²) in [4.78, 5) is 22.5. The van der Waals surface area contributed by atoms with Crippen molar-refractivity contribution in [2.45, 2.75) is 32.9 Å². The van der Waals surface area contributed by atoms with E-state index in [1.807, 2.05) is 0 Å². The Morgan fingerprint density at radius 1 is 1.22 bits per heavy atom. The predicted molar refractivity (Wildman–Crippen MR) is 66.2 cm³/mol. The molecule has 0 bridgehead atoms. The van der Waals surface area contributed by atoms with Crippen LogP contribution in [0.25, 0.3) is 0 Å². The van der Waals surface area contributed by atoms with E-state index in [0.29, 0.717) is 5.56 Å². The quantitative estimate of drug-likeness (QED) is 0.853. The third kappa shape index (κ3) is 4.16. The van der Waals surface area contributed by atoms with E-state index in [4.69, 9.17) is 0 Å². The lowest BCUT2D eigenvalue weighted by Crippen LogP contribution is -2.44. The van der Waals surface area contributed by atoms with Gasteiger partial charge in [-0.3, -0.25) is 9.59 Å². The van der Waals surface area contributed by atoms with Crippen molar-refractivity contribution in [1.29, 1.82) is 0 Å². The summed E-state index contributed by atoms with van der Waals surface area (Å²) in [7, 11) is 0. The largest absolute Gasteiger partial charge is 0.348 e. The van der Waals surface area contributed by atoms with E-state index in [2.05, 4.69) is 10.6 Å². The van der Waals surface area contributed by atoms with Gasteiger partial charge in [0.05, 0.1) is 6.04 Å². The van der Waals surface area contributed by atoms with Gasteiger partial charge in [-0.05, 0) is 31.5 Å². The molecule has 0 aliphatic rings. The minimum atomic E-state index is -0.612. The number of carbonyl (C=O) groups is 2. The molecule has 0 spiro atoms. The maximum Gasteiger partial charge on any atom is 0.242 e. The number of benzene rings is 1. The summed E-state index contributed by atoms with van der Waals surface area (Å²) in [5.74, 6) is -0.915. The van der Waals surface area contributed by atoms with Crippen molar-refractivity contribution < 1.29 is 14.0 Å². The van der Waals surface area contributed by atoms with Crippen molar-refractivity contribution in [3.05, 3.63) is 35.6 Å². The maximum atomic E-state index is 13.0. The van der Waals surface area contributed by atoms with E-state index in [-0.39, 0.29) is 23.7 Å². The monoisotopic (exact) mass is 252 g/mol. The molecular formula is C13H17FN2O2. The highest BCUT2D eigenvalue weighted by molar-refractivity contribution is 5.86. The number of halogens is 1. The first kappa shape index (κ1) is 14.2. The molecule has 0 aliphatic heterocycles. The van der Waals surface area contributed by atoms with Gasteiger partial charge < -0.3 is 10.6 Å². The average Bonchev–Trinajstić information content (AvgIpc) is 2.27. The van der Waals surface area contributed by atoms with Crippen LogP contribution in [-0.4, -0.2) is 17.9 Å². The Morgan fingerprint density at radius 3 is 2.44 bits per heavy atom. The third-order valence-corrected chi connectivity index (χ3v) is 2.52. The van der Waals surface area contributed by atoms with E-state index >= 15 is 0 Å². The van der Waals surface area contributed by atoms with Crippen LogP contribution in [0, 0.1) is 5.82 Å². The molecule has 0 saturated heterocycles. The fraction of sp³-hybridized carbons (Fsp3) is 0.385. The average molecular weight is 252 g/mol. The molecule has 2 N–H and O–H groups in total. The second-order valence-corrected chi connectivity index (χ2v) is 4.21. The van der Waals surface area contributed by atoms with E-state index in [1.165, 1.54) is 19.1 Å². The second kappa shape index (κ2) is 6.14. The zero-order valence-electron chi connectivity index (χ0n) is 10.7. The molecule has 98 valence electrons. The van der Waals surface area contributed by atoms with Crippen LogP contribution in [0.2, 0.25) is 0 Å². The van der Waals surface area contributed by atoms with Crippen LogP contribution >= 0.6 is 0 Å². The normalized spacial score (nSPS) is 13.6. The molecular weight excluding hydrogens is 235 g/mol. The molecule has 1 aromatic carbocycles. The van der Waals surface area contributed by atoms with Crippen molar-refractivity contribution in [1.82, 2.24) is 10.6 Å². The van der Waals surface area contributed by atoms with Gasteiger partial charge in [0, 0.05) is 6.92 Å². The Hall–Kier alpha value is -1.91. The van der Waals surface area contributed by atoms with Crippen molar-refractivity contribution in [3.8, 4) is 0 Å². The van der Waals surface area contributed by atoms with E-state index < -0.39 is 6.04 Å². The smallest absolute Gasteiger partial charge is 0.242 e. The Labute approximate surface area is 106 Å². The first-order valence-electron chi connectivity index (χ1n) is 5.73. The van der Waals surface area contributed by atoms with Crippen LogP contribution < -0.4 is 10.6 Å². The van der Waals surface area contributed by atoms with Crippen LogP contribution in [-0.2, 0) is 9.59 Å². The fourth-order valence-electron chi connectivity index (χ4n) is 1.57. The molecule has 0 saturated carbocycles. The lowest BCUT2D eigenvalue weighted by atomic mass is 10.1. The molecule has 4 nitrogen and oxygen atoms in total. The van der Waals surface area contributed by atoms with Gasteiger partial charge in [-0.2, -0.15) is 0 Å². The van der Waals surface area contributed by atoms with Crippen molar-refractivity contribution in [3.63, 3.8) is 0 Å². The number of nitrogens with one attached hydrogen (secondary N) is 2. The Kier molecular flexibility index (Phi) is 4.83. The van der Waals surface area contributed by atoms with Crippen LogP contribution in [0.15, 0.2) is 24.3 Å². The molecule has 0 unspecified atom stereocenters. The lowest BCUT2D eigenvalue weighted by molar-refractivity contribution is -0.128. The van der Waals surface area contributed by atoms with Gasteiger partial charge in [-0.15, -0.1) is 0 Å². The maximum absolute atomic E-state index is 13.0. The number of hydrogen-bond donors (Lipinski definition) is 2. The van der Waals surface area contributed by atoms with Gasteiger partial charge in [0.1, 0.15) is 11.9 Å². The summed E-state index contributed by atoms with van der Waals surface area (Å²) >= 11 is 0. The summed E-state index contributed by atoms with van der Waals surface area (Å²) in [6.07, 6.45) is 0. The highest BCUT2D eigenvalue weighted by Crippen LogP contribution is 2.13. The minimum Gasteiger partial charge on any atom is -0.348 e. The molecule has 2 amide bonds. The molecule has 0 aliphatic carbocycles. The van der Waals surface area contributed by atoms with Gasteiger partial charge in [0.25, 0.3) is 0 Å². The number of carbonyl (C=O) groups excluding carboxylic acids is 2. The number of rotatable bonds is 4. The van der Waals surface area contributed by atoms with Gasteiger partial charge in [0.15, 0.2) is 0 Å². The third-order valence-electron chi connectivity index (χ3n) is 2.52. The SMILES string of the molecule is CC(=O)N[C@H](C)C(=O)N[C@H](C)c1cccc(F)c1. The van der Waals surface area contributed by atoms with Gasteiger partial charge in [-0.25, -0.2) is 4.39 Å². The van der Waals surface area contributed by atoms with E-state index in [9.17, 15) is 14.0 Å². The molecule has 0 heterocycles. The Balaban J connectivity index is 2.62. The van der Waals surface area contributed by atoms with Crippen molar-refractivity contribution in [2.75, 3.05) is 0 Å². The summed E-state index contributed by atoms with van der Waals surface area (Å²) in [6.45, 7) is 4.70. The molecule has 2 atom stereocenters. The van der Waals surface area contributed by atoms with Crippen LogP contribution in [0.4, 0.5) is 4.39 Å².